The van der Waals surface area contributed by atoms with Gasteiger partial charge in [0.05, 0.1) is 26.4 Å². The Kier molecular flexibility index (Phi) is 4.73. The van der Waals surface area contributed by atoms with E-state index in [0.717, 1.165) is 6.07 Å². The van der Waals surface area contributed by atoms with E-state index < -0.39 is 30.7 Å². The Morgan fingerprint density at radius 1 is 1.12 bits per heavy atom. The lowest BCUT2D eigenvalue weighted by atomic mass is 9.91. The fourth-order valence-corrected chi connectivity index (χ4v) is 3.08. The lowest BCUT2D eigenvalue weighted by Crippen LogP contribution is -2.26. The predicted molar refractivity (Wildman–Crippen MR) is 92.8 cm³/mol. The van der Waals surface area contributed by atoms with Crippen LogP contribution in [0.1, 0.15) is 11.5 Å². The third-order valence-electron chi connectivity index (χ3n) is 4.37. The summed E-state index contributed by atoms with van der Waals surface area (Å²) in [6.45, 7) is -1.28. The smallest absolute Gasteiger partial charge is 0.208 e. The summed E-state index contributed by atoms with van der Waals surface area (Å²) in [7, 11) is 1.30. The van der Waals surface area contributed by atoms with Crippen molar-refractivity contribution in [1.82, 2.24) is 0 Å². The number of aliphatic hydroxyl groups is 3. The summed E-state index contributed by atoms with van der Waals surface area (Å²) in [6.07, 6.45) is -1.40. The van der Waals surface area contributed by atoms with Gasteiger partial charge in [-0.3, -0.25) is 4.79 Å². The molecule has 8 nitrogen and oxygen atoms in total. The number of ether oxygens (including phenoxy) is 1. The lowest BCUT2D eigenvalue weighted by molar-refractivity contribution is 0.0520. The SMILES string of the molecule is COc1cc(O)c(C(CO)C(O)CO)c2oc3cccc(O)c3c(=O)c12. The Balaban J connectivity index is 2.53. The molecule has 8 heteroatoms. The molecule has 0 radical (unpaired) electrons. The number of fused-ring (bicyclic) bond motifs is 2. The molecule has 0 fully saturated rings. The van der Waals surface area contributed by atoms with Crippen LogP contribution in [0.25, 0.3) is 21.9 Å². The van der Waals surface area contributed by atoms with Crippen molar-refractivity contribution in [2.45, 2.75) is 12.0 Å². The van der Waals surface area contributed by atoms with E-state index in [-0.39, 0.29) is 44.8 Å². The molecule has 138 valence electrons. The molecule has 2 unspecified atom stereocenters. The van der Waals surface area contributed by atoms with E-state index >= 15 is 0 Å². The second-order valence-corrected chi connectivity index (χ2v) is 5.84. The topological polar surface area (TPSA) is 141 Å². The van der Waals surface area contributed by atoms with Crippen LogP contribution < -0.4 is 10.2 Å². The van der Waals surface area contributed by atoms with Gasteiger partial charge >= 0.3 is 0 Å². The van der Waals surface area contributed by atoms with Crippen molar-refractivity contribution in [2.75, 3.05) is 20.3 Å². The maximum atomic E-state index is 12.9. The normalized spacial score (nSPS) is 13.8. The molecule has 0 bridgehead atoms. The Morgan fingerprint density at radius 2 is 1.85 bits per heavy atom. The predicted octanol–water partition coefficient (Wildman–Crippen LogP) is 0.795. The molecular weight excluding hydrogens is 344 g/mol. The number of rotatable bonds is 5. The summed E-state index contributed by atoms with van der Waals surface area (Å²) in [6, 6.07) is 5.45. The second-order valence-electron chi connectivity index (χ2n) is 5.84. The van der Waals surface area contributed by atoms with Gasteiger partial charge in [0.1, 0.15) is 39.2 Å². The van der Waals surface area contributed by atoms with Crippen LogP contribution in [0, 0.1) is 0 Å². The van der Waals surface area contributed by atoms with Gasteiger partial charge in [-0.2, -0.15) is 0 Å². The van der Waals surface area contributed by atoms with Crippen LogP contribution >= 0.6 is 0 Å². The van der Waals surface area contributed by atoms with Crippen LogP contribution in [0.15, 0.2) is 33.5 Å². The summed E-state index contributed by atoms with van der Waals surface area (Å²) in [4.78, 5) is 12.9. The van der Waals surface area contributed by atoms with Gasteiger partial charge in [-0.1, -0.05) is 6.07 Å². The number of phenols is 2. The average Bonchev–Trinajstić information content (AvgIpc) is 2.63. The first-order valence-corrected chi connectivity index (χ1v) is 7.82. The summed E-state index contributed by atoms with van der Waals surface area (Å²) in [5, 5.41) is 49.2. The number of methoxy groups -OCH3 is 1. The van der Waals surface area contributed by atoms with Gasteiger partial charge in [-0.05, 0) is 12.1 Å². The minimum absolute atomic E-state index is 0.00957. The highest BCUT2D eigenvalue weighted by Gasteiger charge is 2.29. The number of aliphatic hydroxyl groups excluding tert-OH is 3. The van der Waals surface area contributed by atoms with Gasteiger partial charge in [0.25, 0.3) is 0 Å². The molecule has 2 aromatic carbocycles. The molecular formula is C18H18O8. The van der Waals surface area contributed by atoms with Crippen LogP contribution in [0.3, 0.4) is 0 Å². The summed E-state index contributed by atoms with van der Waals surface area (Å²) >= 11 is 0. The van der Waals surface area contributed by atoms with Gasteiger partial charge in [0.2, 0.25) is 5.43 Å². The number of hydrogen-bond donors (Lipinski definition) is 5. The molecule has 3 aromatic rings. The molecule has 5 N–H and O–H groups in total. The minimum Gasteiger partial charge on any atom is -0.507 e. The van der Waals surface area contributed by atoms with E-state index in [1.807, 2.05) is 0 Å². The van der Waals surface area contributed by atoms with E-state index in [9.17, 15) is 30.3 Å². The highest BCUT2D eigenvalue weighted by molar-refractivity contribution is 5.98. The van der Waals surface area contributed by atoms with Gasteiger partial charge < -0.3 is 34.7 Å². The molecule has 0 spiro atoms. The third-order valence-corrected chi connectivity index (χ3v) is 4.37. The standard InChI is InChI=1S/C18H18O8/c1-25-13-5-10(22)14(8(6-19)11(23)7-20)18-16(13)17(24)15-9(21)3-2-4-12(15)26-18/h2-5,8,11,19-23H,6-7H2,1H3. The quantitative estimate of drug-likeness (QED) is 0.420. The zero-order valence-corrected chi connectivity index (χ0v) is 13.8. The highest BCUT2D eigenvalue weighted by Crippen LogP contribution is 2.40. The highest BCUT2D eigenvalue weighted by atomic mass is 16.5. The molecule has 0 saturated heterocycles. The molecule has 0 aliphatic carbocycles. The molecule has 0 saturated carbocycles. The molecule has 26 heavy (non-hydrogen) atoms. The Bertz CT molecular complexity index is 1020. The Morgan fingerprint density at radius 3 is 2.46 bits per heavy atom. The van der Waals surface area contributed by atoms with Crippen molar-refractivity contribution in [2.24, 2.45) is 0 Å². The van der Waals surface area contributed by atoms with Crippen LogP contribution in [-0.2, 0) is 0 Å². The fourth-order valence-electron chi connectivity index (χ4n) is 3.08. The molecule has 0 aliphatic heterocycles. The van der Waals surface area contributed by atoms with Crippen LogP contribution in [0.5, 0.6) is 17.2 Å². The Hall–Kier alpha value is -2.81. The second kappa shape index (κ2) is 6.83. The summed E-state index contributed by atoms with van der Waals surface area (Å²) in [5.41, 5.74) is -0.664. The van der Waals surface area contributed by atoms with Gasteiger partial charge in [0, 0.05) is 17.5 Å². The van der Waals surface area contributed by atoms with Crippen molar-refractivity contribution < 1.29 is 34.7 Å². The number of phenolic OH excluding ortho intramolecular Hbond substituents is 2. The molecule has 3 rings (SSSR count). The molecule has 0 amide bonds. The molecule has 1 aromatic heterocycles. The molecule has 0 aliphatic rings. The fraction of sp³-hybridized carbons (Fsp3) is 0.278. The van der Waals surface area contributed by atoms with E-state index in [0.29, 0.717) is 0 Å². The Labute approximate surface area is 147 Å². The maximum absolute atomic E-state index is 12.9. The van der Waals surface area contributed by atoms with Gasteiger partial charge in [-0.25, -0.2) is 0 Å². The first kappa shape index (κ1) is 18.0. The van der Waals surface area contributed by atoms with Crippen molar-refractivity contribution in [3.8, 4) is 17.2 Å². The minimum atomic E-state index is -1.40. The number of hydrogen-bond acceptors (Lipinski definition) is 8. The monoisotopic (exact) mass is 362 g/mol. The van der Waals surface area contributed by atoms with Crippen molar-refractivity contribution in [3.63, 3.8) is 0 Å². The van der Waals surface area contributed by atoms with Crippen molar-refractivity contribution in [1.29, 1.82) is 0 Å². The number of benzene rings is 2. The largest absolute Gasteiger partial charge is 0.507 e. The zero-order valence-electron chi connectivity index (χ0n) is 13.8. The van der Waals surface area contributed by atoms with E-state index in [2.05, 4.69) is 0 Å². The zero-order chi connectivity index (χ0) is 19.0. The lowest BCUT2D eigenvalue weighted by Gasteiger charge is -2.22. The molecule has 1 heterocycles. The van der Waals surface area contributed by atoms with Gasteiger partial charge in [-0.15, -0.1) is 0 Å². The third kappa shape index (κ3) is 2.64. The van der Waals surface area contributed by atoms with Crippen LogP contribution in [0.2, 0.25) is 0 Å². The van der Waals surface area contributed by atoms with Crippen molar-refractivity contribution in [3.05, 3.63) is 40.1 Å². The average molecular weight is 362 g/mol. The van der Waals surface area contributed by atoms with Gasteiger partial charge in [0.15, 0.2) is 0 Å². The first-order valence-electron chi connectivity index (χ1n) is 7.82. The van der Waals surface area contributed by atoms with Crippen LogP contribution in [-0.4, -0.2) is 52.0 Å². The summed E-state index contributed by atoms with van der Waals surface area (Å²) in [5.74, 6) is -1.74. The summed E-state index contributed by atoms with van der Waals surface area (Å²) < 4.78 is 10.9. The maximum Gasteiger partial charge on any atom is 0.208 e. The molecule has 2 atom stereocenters. The van der Waals surface area contributed by atoms with Crippen molar-refractivity contribution >= 4 is 21.9 Å². The van der Waals surface area contributed by atoms with Crippen LogP contribution in [0.4, 0.5) is 0 Å². The number of aromatic hydroxyl groups is 2. The van der Waals surface area contributed by atoms with E-state index in [1.165, 1.54) is 25.3 Å². The van der Waals surface area contributed by atoms with E-state index in [4.69, 9.17) is 9.15 Å². The first-order chi connectivity index (χ1) is 12.4. The van der Waals surface area contributed by atoms with E-state index in [1.54, 1.807) is 0 Å².